The topological polar surface area (TPSA) is 26.3 Å². The zero-order chi connectivity index (χ0) is 13.3. The molecule has 104 valence electrons. The summed E-state index contributed by atoms with van der Waals surface area (Å²) < 4.78 is 5.45. The van der Waals surface area contributed by atoms with Gasteiger partial charge >= 0.3 is 0 Å². The number of carbonyl (C=O) groups excluding carboxylic acids is 1. The fourth-order valence-electron chi connectivity index (χ4n) is 4.51. The fraction of sp³-hybridized carbons (Fsp3) is 0.938. The van der Waals surface area contributed by atoms with E-state index in [1.54, 1.807) is 7.11 Å². The Morgan fingerprint density at radius 2 is 2.11 bits per heavy atom. The van der Waals surface area contributed by atoms with Crippen LogP contribution in [0, 0.1) is 23.2 Å². The van der Waals surface area contributed by atoms with Crippen molar-refractivity contribution in [3.8, 4) is 0 Å². The van der Waals surface area contributed by atoms with Crippen LogP contribution in [0.25, 0.3) is 0 Å². The van der Waals surface area contributed by atoms with Crippen LogP contribution in [0.1, 0.15) is 59.3 Å². The lowest BCUT2D eigenvalue weighted by molar-refractivity contribution is -0.131. The van der Waals surface area contributed by atoms with Crippen LogP contribution in [0.3, 0.4) is 0 Å². The minimum Gasteiger partial charge on any atom is -0.381 e. The van der Waals surface area contributed by atoms with E-state index in [1.165, 1.54) is 19.3 Å². The highest BCUT2D eigenvalue weighted by molar-refractivity contribution is 5.83. The van der Waals surface area contributed by atoms with Crippen LogP contribution in [0.4, 0.5) is 0 Å². The Hall–Kier alpha value is -0.370. The predicted molar refractivity (Wildman–Crippen MR) is 73.4 cm³/mol. The minimum absolute atomic E-state index is 0.137. The highest BCUT2D eigenvalue weighted by Gasteiger charge is 2.55. The van der Waals surface area contributed by atoms with Gasteiger partial charge in [-0.25, -0.2) is 0 Å². The first-order chi connectivity index (χ1) is 8.50. The molecule has 2 aliphatic carbocycles. The molecular weight excluding hydrogens is 224 g/mol. The predicted octanol–water partition coefficient (Wildman–Crippen LogP) is 3.83. The molecule has 0 aliphatic heterocycles. The van der Waals surface area contributed by atoms with Gasteiger partial charge in [0.15, 0.2) is 0 Å². The number of hydrogen-bond acceptors (Lipinski definition) is 2. The van der Waals surface area contributed by atoms with Crippen LogP contribution in [-0.4, -0.2) is 19.0 Å². The Bertz CT molecular complexity index is 308. The molecule has 2 heteroatoms. The maximum atomic E-state index is 12.6. The zero-order valence-electron chi connectivity index (χ0n) is 12.4. The summed E-state index contributed by atoms with van der Waals surface area (Å²) in [6.45, 7) is 6.76. The van der Waals surface area contributed by atoms with Gasteiger partial charge in [-0.15, -0.1) is 0 Å². The van der Waals surface area contributed by atoms with Gasteiger partial charge in [0.1, 0.15) is 5.78 Å². The normalized spacial score (nSPS) is 34.8. The summed E-state index contributed by atoms with van der Waals surface area (Å²) in [5.41, 5.74) is 0.227. The molecule has 4 unspecified atom stereocenters. The molecule has 0 aromatic heterocycles. The molecule has 0 amide bonds. The smallest absolute Gasteiger partial charge is 0.139 e. The third-order valence-corrected chi connectivity index (χ3v) is 5.52. The van der Waals surface area contributed by atoms with Gasteiger partial charge in [0.2, 0.25) is 0 Å². The Balaban J connectivity index is 2.00. The quantitative estimate of drug-likeness (QED) is 0.718. The number of Topliss-reactive ketones (excluding diaryl/α,β-unsaturated/α-hetero) is 1. The lowest BCUT2D eigenvalue weighted by Gasteiger charge is -2.37. The van der Waals surface area contributed by atoms with E-state index in [-0.39, 0.29) is 11.5 Å². The van der Waals surface area contributed by atoms with Gasteiger partial charge in [-0.1, -0.05) is 27.2 Å². The molecule has 18 heavy (non-hydrogen) atoms. The first-order valence-electron chi connectivity index (χ1n) is 7.56. The Labute approximate surface area is 111 Å². The molecule has 2 fully saturated rings. The average Bonchev–Trinajstić information content (AvgIpc) is 2.86. The van der Waals surface area contributed by atoms with E-state index in [1.807, 2.05) is 0 Å². The fourth-order valence-corrected chi connectivity index (χ4v) is 4.51. The molecule has 0 N–H and O–H groups in total. The highest BCUT2D eigenvalue weighted by Crippen LogP contribution is 2.59. The van der Waals surface area contributed by atoms with Crippen molar-refractivity contribution >= 4 is 5.78 Å². The second-order valence-electron chi connectivity index (χ2n) is 6.89. The van der Waals surface area contributed by atoms with Crippen LogP contribution < -0.4 is 0 Å². The number of hydrogen-bond donors (Lipinski definition) is 0. The third-order valence-electron chi connectivity index (χ3n) is 5.52. The Morgan fingerprint density at radius 3 is 2.61 bits per heavy atom. The van der Waals surface area contributed by atoms with Gasteiger partial charge in [0.25, 0.3) is 0 Å². The van der Waals surface area contributed by atoms with Crippen molar-refractivity contribution in [2.75, 3.05) is 7.11 Å². The summed E-state index contributed by atoms with van der Waals surface area (Å²) in [6.07, 6.45) is 6.75. The second-order valence-corrected chi connectivity index (χ2v) is 6.89. The number of fused-ring (bicyclic) bond motifs is 2. The molecule has 2 rings (SSSR count). The van der Waals surface area contributed by atoms with Gasteiger partial charge in [-0.2, -0.15) is 0 Å². The molecule has 0 radical (unpaired) electrons. The summed E-state index contributed by atoms with van der Waals surface area (Å²) in [5, 5.41) is 0. The summed E-state index contributed by atoms with van der Waals surface area (Å²) >= 11 is 0. The van der Waals surface area contributed by atoms with E-state index in [2.05, 4.69) is 20.8 Å². The molecule has 2 aliphatic rings. The number of methoxy groups -OCH3 is 1. The van der Waals surface area contributed by atoms with Gasteiger partial charge in [0, 0.05) is 19.4 Å². The standard InChI is InChI=1S/C16H28O2/c1-5-6-13(18-4)10-14(17)15-11-7-8-12(9-11)16(15,2)3/h11-13,15H,5-10H2,1-4H3. The lowest BCUT2D eigenvalue weighted by Crippen LogP contribution is -2.37. The van der Waals surface area contributed by atoms with E-state index < -0.39 is 0 Å². The molecule has 4 atom stereocenters. The van der Waals surface area contributed by atoms with E-state index in [0.717, 1.165) is 18.8 Å². The van der Waals surface area contributed by atoms with Crippen LogP contribution in [0.15, 0.2) is 0 Å². The van der Waals surface area contributed by atoms with Crippen molar-refractivity contribution in [1.82, 2.24) is 0 Å². The molecule has 0 aromatic rings. The average molecular weight is 252 g/mol. The summed E-state index contributed by atoms with van der Waals surface area (Å²) in [5.74, 6) is 2.21. The molecular formula is C16H28O2. The van der Waals surface area contributed by atoms with Crippen LogP contribution >= 0.6 is 0 Å². The number of rotatable bonds is 6. The molecule has 2 nitrogen and oxygen atoms in total. The molecule has 0 saturated heterocycles. The van der Waals surface area contributed by atoms with Gasteiger partial charge in [-0.3, -0.25) is 4.79 Å². The van der Waals surface area contributed by atoms with Crippen molar-refractivity contribution < 1.29 is 9.53 Å². The second kappa shape index (κ2) is 5.32. The SMILES string of the molecule is CCCC(CC(=O)C1C2CCC(C2)C1(C)C)OC. The number of ether oxygens (including phenoxy) is 1. The van der Waals surface area contributed by atoms with Crippen molar-refractivity contribution in [1.29, 1.82) is 0 Å². The molecule has 0 heterocycles. The third kappa shape index (κ3) is 2.36. The number of ketones is 1. The Kier molecular flexibility index (Phi) is 4.15. The van der Waals surface area contributed by atoms with Gasteiger partial charge in [0.05, 0.1) is 6.10 Å². The van der Waals surface area contributed by atoms with Crippen molar-refractivity contribution in [3.63, 3.8) is 0 Å². The maximum absolute atomic E-state index is 12.6. The van der Waals surface area contributed by atoms with E-state index in [9.17, 15) is 4.79 Å². The van der Waals surface area contributed by atoms with Crippen LogP contribution in [-0.2, 0) is 9.53 Å². The molecule has 0 aromatic carbocycles. The molecule has 0 spiro atoms. The van der Waals surface area contributed by atoms with E-state index >= 15 is 0 Å². The number of carbonyl (C=O) groups is 1. The van der Waals surface area contributed by atoms with E-state index in [4.69, 9.17) is 4.74 Å². The first-order valence-corrected chi connectivity index (χ1v) is 7.56. The monoisotopic (exact) mass is 252 g/mol. The zero-order valence-corrected chi connectivity index (χ0v) is 12.4. The maximum Gasteiger partial charge on any atom is 0.139 e. The molecule has 2 bridgehead atoms. The largest absolute Gasteiger partial charge is 0.381 e. The first kappa shape index (κ1) is 14.0. The van der Waals surface area contributed by atoms with Crippen molar-refractivity contribution in [2.24, 2.45) is 23.2 Å². The highest BCUT2D eigenvalue weighted by atomic mass is 16.5. The summed E-state index contributed by atoms with van der Waals surface area (Å²) in [4.78, 5) is 12.6. The Morgan fingerprint density at radius 1 is 1.39 bits per heavy atom. The van der Waals surface area contributed by atoms with Crippen molar-refractivity contribution in [3.05, 3.63) is 0 Å². The van der Waals surface area contributed by atoms with Gasteiger partial charge < -0.3 is 4.74 Å². The summed E-state index contributed by atoms with van der Waals surface area (Å²) in [6, 6.07) is 0. The van der Waals surface area contributed by atoms with Gasteiger partial charge in [-0.05, 0) is 42.9 Å². The lowest BCUT2D eigenvalue weighted by atomic mass is 9.66. The van der Waals surface area contributed by atoms with Crippen LogP contribution in [0.2, 0.25) is 0 Å². The summed E-state index contributed by atoms with van der Waals surface area (Å²) in [7, 11) is 1.74. The van der Waals surface area contributed by atoms with Crippen molar-refractivity contribution in [2.45, 2.75) is 65.4 Å². The van der Waals surface area contributed by atoms with Crippen LogP contribution in [0.5, 0.6) is 0 Å². The van der Waals surface area contributed by atoms with E-state index in [0.29, 0.717) is 24.0 Å². The molecule has 2 saturated carbocycles. The minimum atomic E-state index is 0.137.